The van der Waals surface area contributed by atoms with E-state index in [4.69, 9.17) is 4.74 Å². The largest absolute Gasteiger partial charge is 0.465 e. The van der Waals surface area contributed by atoms with Crippen molar-refractivity contribution in [3.8, 4) is 0 Å². The van der Waals surface area contributed by atoms with Crippen LogP contribution in [-0.2, 0) is 9.53 Å². The van der Waals surface area contributed by atoms with E-state index < -0.39 is 18.0 Å². The molecule has 0 aliphatic carbocycles. The minimum atomic E-state index is -0.863. The van der Waals surface area contributed by atoms with Crippen molar-refractivity contribution in [1.82, 2.24) is 5.32 Å². The molecule has 5 heteroatoms. The molecule has 0 saturated carbocycles. The van der Waals surface area contributed by atoms with Crippen molar-refractivity contribution in [1.29, 1.82) is 0 Å². The Hall–Kier alpha value is -1.46. The summed E-state index contributed by atoms with van der Waals surface area (Å²) >= 11 is 0. The maximum absolute atomic E-state index is 12.9. The lowest BCUT2D eigenvalue weighted by atomic mass is 10.1. The molecule has 0 amide bonds. The van der Waals surface area contributed by atoms with Crippen molar-refractivity contribution >= 4 is 5.97 Å². The molecule has 18 heavy (non-hydrogen) atoms. The minimum absolute atomic E-state index is 0.156. The Morgan fingerprint density at radius 3 is 2.89 bits per heavy atom. The fraction of sp³-hybridized carbons (Fsp3) is 0.462. The van der Waals surface area contributed by atoms with E-state index in [-0.39, 0.29) is 12.5 Å². The number of rotatable bonds is 6. The Labute approximate surface area is 106 Å². The second kappa shape index (κ2) is 7.08. The highest BCUT2D eigenvalue weighted by Crippen LogP contribution is 2.13. The monoisotopic (exact) mass is 255 g/mol. The van der Waals surface area contributed by atoms with Crippen molar-refractivity contribution < 1.29 is 19.0 Å². The summed E-state index contributed by atoms with van der Waals surface area (Å²) in [4.78, 5) is 11.3. The molecule has 1 aromatic rings. The van der Waals surface area contributed by atoms with Crippen LogP contribution in [0.2, 0.25) is 0 Å². The summed E-state index contributed by atoms with van der Waals surface area (Å²) in [5.41, 5.74) is 0.471. The highest BCUT2D eigenvalue weighted by molar-refractivity contribution is 5.75. The van der Waals surface area contributed by atoms with Gasteiger partial charge in [0.05, 0.1) is 12.7 Å². The summed E-state index contributed by atoms with van der Waals surface area (Å²) in [7, 11) is 0. The van der Waals surface area contributed by atoms with Crippen LogP contribution in [0.25, 0.3) is 0 Å². The van der Waals surface area contributed by atoms with E-state index in [0.717, 1.165) is 0 Å². The number of aliphatic hydroxyl groups excluding tert-OH is 1. The predicted octanol–water partition coefficient (Wildman–Crippen LogP) is 1.40. The van der Waals surface area contributed by atoms with Crippen LogP contribution in [0.15, 0.2) is 24.3 Å². The van der Waals surface area contributed by atoms with E-state index in [1.807, 2.05) is 0 Å². The van der Waals surface area contributed by atoms with E-state index >= 15 is 0 Å². The number of aliphatic hydroxyl groups is 1. The minimum Gasteiger partial charge on any atom is -0.465 e. The molecule has 4 nitrogen and oxygen atoms in total. The van der Waals surface area contributed by atoms with Gasteiger partial charge in [-0.05, 0) is 31.5 Å². The number of ether oxygens (including phenoxy) is 1. The van der Waals surface area contributed by atoms with Crippen LogP contribution in [0, 0.1) is 5.82 Å². The van der Waals surface area contributed by atoms with Gasteiger partial charge in [-0.2, -0.15) is 0 Å². The second-order valence-electron chi connectivity index (χ2n) is 3.95. The number of carbonyl (C=O) groups excluding carboxylic acids is 1. The molecule has 2 atom stereocenters. The standard InChI is InChI=1S/C13H18FNO3/c1-3-18-13(17)9(2)15-8-12(16)10-5-4-6-11(14)7-10/h4-7,9,12,15-16H,3,8H2,1-2H3. The first-order chi connectivity index (χ1) is 8.54. The normalized spacial score (nSPS) is 14.0. The lowest BCUT2D eigenvalue weighted by Gasteiger charge is -2.16. The number of esters is 1. The van der Waals surface area contributed by atoms with Crippen LogP contribution in [-0.4, -0.2) is 30.3 Å². The lowest BCUT2D eigenvalue weighted by molar-refractivity contribution is -0.145. The van der Waals surface area contributed by atoms with Gasteiger partial charge >= 0.3 is 5.97 Å². The van der Waals surface area contributed by atoms with Gasteiger partial charge in [-0.15, -0.1) is 0 Å². The smallest absolute Gasteiger partial charge is 0.322 e. The van der Waals surface area contributed by atoms with E-state index in [9.17, 15) is 14.3 Å². The van der Waals surface area contributed by atoms with Crippen molar-refractivity contribution in [2.45, 2.75) is 26.0 Å². The van der Waals surface area contributed by atoms with Crippen LogP contribution in [0.3, 0.4) is 0 Å². The molecule has 1 aromatic carbocycles. The summed E-state index contributed by atoms with van der Waals surface area (Å²) in [5.74, 6) is -0.770. The molecule has 0 aliphatic rings. The Balaban J connectivity index is 2.46. The maximum Gasteiger partial charge on any atom is 0.322 e. The van der Waals surface area contributed by atoms with Crippen LogP contribution in [0.5, 0.6) is 0 Å². The zero-order chi connectivity index (χ0) is 13.5. The Kier molecular flexibility index (Phi) is 5.74. The van der Waals surface area contributed by atoms with Crippen LogP contribution in [0.1, 0.15) is 25.5 Å². The van der Waals surface area contributed by atoms with Gasteiger partial charge in [0.1, 0.15) is 11.9 Å². The third kappa shape index (κ3) is 4.43. The fourth-order valence-corrected chi connectivity index (χ4v) is 1.47. The first-order valence-electron chi connectivity index (χ1n) is 5.88. The quantitative estimate of drug-likeness (QED) is 0.754. The average Bonchev–Trinajstić information content (AvgIpc) is 2.35. The second-order valence-corrected chi connectivity index (χ2v) is 3.95. The van der Waals surface area contributed by atoms with Gasteiger partial charge in [0.2, 0.25) is 0 Å². The number of hydrogen-bond acceptors (Lipinski definition) is 4. The summed E-state index contributed by atoms with van der Waals surface area (Å²) in [6.45, 7) is 3.85. The molecular formula is C13H18FNO3. The first kappa shape index (κ1) is 14.6. The zero-order valence-corrected chi connectivity index (χ0v) is 10.5. The zero-order valence-electron chi connectivity index (χ0n) is 10.5. The molecule has 2 N–H and O–H groups in total. The van der Waals surface area contributed by atoms with E-state index in [0.29, 0.717) is 12.2 Å². The van der Waals surface area contributed by atoms with E-state index in [1.165, 1.54) is 18.2 Å². The molecule has 0 saturated heterocycles. The fourth-order valence-electron chi connectivity index (χ4n) is 1.47. The van der Waals surface area contributed by atoms with Crippen LogP contribution < -0.4 is 5.32 Å². The molecule has 1 rings (SSSR count). The van der Waals surface area contributed by atoms with Gasteiger partial charge in [0.15, 0.2) is 0 Å². The molecule has 0 aliphatic heterocycles. The third-order valence-corrected chi connectivity index (χ3v) is 2.49. The summed E-state index contributed by atoms with van der Waals surface area (Å²) < 4.78 is 17.8. The highest BCUT2D eigenvalue weighted by Gasteiger charge is 2.15. The predicted molar refractivity (Wildman–Crippen MR) is 65.5 cm³/mol. The van der Waals surface area contributed by atoms with Gasteiger partial charge in [-0.3, -0.25) is 4.79 Å². The van der Waals surface area contributed by atoms with Gasteiger partial charge in [-0.25, -0.2) is 4.39 Å². The number of nitrogens with one attached hydrogen (secondary N) is 1. The van der Waals surface area contributed by atoms with Gasteiger partial charge in [0, 0.05) is 6.54 Å². The van der Waals surface area contributed by atoms with Gasteiger partial charge in [0.25, 0.3) is 0 Å². The molecule has 0 fully saturated rings. The van der Waals surface area contributed by atoms with Gasteiger partial charge in [-0.1, -0.05) is 12.1 Å². The Morgan fingerprint density at radius 1 is 1.56 bits per heavy atom. The van der Waals surface area contributed by atoms with Crippen molar-refractivity contribution in [2.24, 2.45) is 0 Å². The summed E-state index contributed by atoms with van der Waals surface area (Å²) in [6, 6.07) is 5.23. The topological polar surface area (TPSA) is 58.6 Å². The first-order valence-corrected chi connectivity index (χ1v) is 5.88. The SMILES string of the molecule is CCOC(=O)C(C)NCC(O)c1cccc(F)c1. The molecule has 0 radical (unpaired) electrons. The average molecular weight is 255 g/mol. The number of halogens is 1. The Morgan fingerprint density at radius 2 is 2.28 bits per heavy atom. The van der Waals surface area contributed by atoms with Crippen molar-refractivity contribution in [2.75, 3.05) is 13.2 Å². The molecule has 0 aromatic heterocycles. The third-order valence-electron chi connectivity index (χ3n) is 2.49. The van der Waals surface area contributed by atoms with Gasteiger partial charge < -0.3 is 15.2 Å². The molecule has 0 heterocycles. The molecular weight excluding hydrogens is 237 g/mol. The molecule has 0 bridgehead atoms. The van der Waals surface area contributed by atoms with Crippen LogP contribution in [0.4, 0.5) is 4.39 Å². The molecule has 2 unspecified atom stereocenters. The van der Waals surface area contributed by atoms with Crippen LogP contribution >= 0.6 is 0 Å². The number of benzene rings is 1. The molecule has 100 valence electrons. The lowest BCUT2D eigenvalue weighted by Crippen LogP contribution is -2.37. The highest BCUT2D eigenvalue weighted by atomic mass is 19.1. The van der Waals surface area contributed by atoms with Crippen molar-refractivity contribution in [3.63, 3.8) is 0 Å². The summed E-state index contributed by atoms with van der Waals surface area (Å²) in [6.07, 6.45) is -0.863. The number of hydrogen-bond donors (Lipinski definition) is 2. The number of carbonyl (C=O) groups is 1. The summed E-state index contributed by atoms with van der Waals surface area (Å²) in [5, 5.41) is 12.7. The molecule has 0 spiro atoms. The van der Waals surface area contributed by atoms with Crippen molar-refractivity contribution in [3.05, 3.63) is 35.6 Å². The maximum atomic E-state index is 12.9. The van der Waals surface area contributed by atoms with E-state index in [2.05, 4.69) is 5.32 Å². The van der Waals surface area contributed by atoms with E-state index in [1.54, 1.807) is 19.9 Å². The Bertz CT molecular complexity index is 398.